The number of thioether (sulfide) groups is 1. The fourth-order valence-electron chi connectivity index (χ4n) is 1.68. The van der Waals surface area contributed by atoms with Crippen LogP contribution in [0.5, 0.6) is 0 Å². The third-order valence-electron chi connectivity index (χ3n) is 2.67. The van der Waals surface area contributed by atoms with Gasteiger partial charge in [-0.3, -0.25) is 14.8 Å². The summed E-state index contributed by atoms with van der Waals surface area (Å²) < 4.78 is 0. The van der Waals surface area contributed by atoms with Crippen molar-refractivity contribution < 1.29 is 4.79 Å². The SMILES string of the molecule is O=C(CSCc1ccccn1)NCCc1cccnc1. The number of pyridine rings is 2. The molecule has 20 heavy (non-hydrogen) atoms. The number of carbonyl (C=O) groups excluding carboxylic acids is 1. The van der Waals surface area contributed by atoms with Gasteiger partial charge < -0.3 is 5.32 Å². The van der Waals surface area contributed by atoms with Crippen LogP contribution in [-0.2, 0) is 17.0 Å². The van der Waals surface area contributed by atoms with Gasteiger partial charge in [-0.1, -0.05) is 12.1 Å². The number of hydrogen-bond acceptors (Lipinski definition) is 4. The highest BCUT2D eigenvalue weighted by Crippen LogP contribution is 2.08. The molecule has 0 atom stereocenters. The third kappa shape index (κ3) is 5.40. The average Bonchev–Trinajstić information content (AvgIpc) is 2.49. The second-order valence-electron chi connectivity index (χ2n) is 4.28. The van der Waals surface area contributed by atoms with E-state index in [2.05, 4.69) is 15.3 Å². The first kappa shape index (κ1) is 14.5. The molecule has 5 heteroatoms. The second-order valence-corrected chi connectivity index (χ2v) is 5.26. The first-order chi connectivity index (χ1) is 9.84. The van der Waals surface area contributed by atoms with Gasteiger partial charge in [-0.25, -0.2) is 0 Å². The van der Waals surface area contributed by atoms with E-state index in [0.29, 0.717) is 12.3 Å². The second kappa shape index (κ2) is 8.32. The van der Waals surface area contributed by atoms with Crippen molar-refractivity contribution in [3.05, 3.63) is 60.2 Å². The number of aromatic nitrogens is 2. The zero-order valence-corrected chi connectivity index (χ0v) is 12.0. The molecule has 104 valence electrons. The van der Waals surface area contributed by atoms with Crippen molar-refractivity contribution in [2.45, 2.75) is 12.2 Å². The summed E-state index contributed by atoms with van der Waals surface area (Å²) in [6.07, 6.45) is 6.15. The van der Waals surface area contributed by atoms with Gasteiger partial charge in [0.15, 0.2) is 0 Å². The van der Waals surface area contributed by atoms with Crippen molar-refractivity contribution >= 4 is 17.7 Å². The van der Waals surface area contributed by atoms with E-state index in [1.165, 1.54) is 0 Å². The van der Waals surface area contributed by atoms with Crippen LogP contribution in [0.4, 0.5) is 0 Å². The third-order valence-corrected chi connectivity index (χ3v) is 3.63. The Morgan fingerprint density at radius 3 is 2.90 bits per heavy atom. The van der Waals surface area contributed by atoms with Gasteiger partial charge in [0.25, 0.3) is 0 Å². The lowest BCUT2D eigenvalue weighted by molar-refractivity contribution is -0.118. The van der Waals surface area contributed by atoms with Gasteiger partial charge in [-0.15, -0.1) is 11.8 Å². The molecule has 1 N–H and O–H groups in total. The monoisotopic (exact) mass is 287 g/mol. The van der Waals surface area contributed by atoms with Gasteiger partial charge in [-0.05, 0) is 30.2 Å². The van der Waals surface area contributed by atoms with Crippen LogP contribution in [0.25, 0.3) is 0 Å². The molecule has 0 aliphatic rings. The normalized spacial score (nSPS) is 10.2. The van der Waals surface area contributed by atoms with E-state index in [1.54, 1.807) is 24.2 Å². The highest BCUT2D eigenvalue weighted by Gasteiger charge is 2.02. The maximum atomic E-state index is 11.7. The standard InChI is InChI=1S/C15H17N3OS/c19-15(12-20-11-14-5-1-2-8-17-14)18-9-6-13-4-3-7-16-10-13/h1-5,7-8,10H,6,9,11-12H2,(H,18,19). The molecule has 0 aliphatic heterocycles. The van der Waals surface area contributed by atoms with Crippen molar-refractivity contribution in [1.29, 1.82) is 0 Å². The van der Waals surface area contributed by atoms with Crippen molar-refractivity contribution in [2.24, 2.45) is 0 Å². The van der Waals surface area contributed by atoms with Crippen LogP contribution in [0, 0.1) is 0 Å². The van der Waals surface area contributed by atoms with Gasteiger partial charge in [0, 0.05) is 30.9 Å². The summed E-state index contributed by atoms with van der Waals surface area (Å²) in [6.45, 7) is 0.647. The predicted molar refractivity (Wildman–Crippen MR) is 81.3 cm³/mol. The lowest BCUT2D eigenvalue weighted by atomic mass is 10.2. The number of nitrogens with one attached hydrogen (secondary N) is 1. The number of rotatable bonds is 7. The van der Waals surface area contributed by atoms with E-state index in [9.17, 15) is 4.79 Å². The van der Waals surface area contributed by atoms with Crippen molar-refractivity contribution in [3.63, 3.8) is 0 Å². The molecule has 0 saturated heterocycles. The Kier molecular flexibility index (Phi) is 6.05. The lowest BCUT2D eigenvalue weighted by Gasteiger charge is -2.05. The van der Waals surface area contributed by atoms with Crippen LogP contribution in [0.2, 0.25) is 0 Å². The Morgan fingerprint density at radius 1 is 1.20 bits per heavy atom. The minimum absolute atomic E-state index is 0.0646. The lowest BCUT2D eigenvalue weighted by Crippen LogP contribution is -2.27. The molecule has 2 aromatic rings. The van der Waals surface area contributed by atoms with E-state index < -0.39 is 0 Å². The van der Waals surface area contributed by atoms with Crippen molar-refractivity contribution in [2.75, 3.05) is 12.3 Å². The molecule has 0 radical (unpaired) electrons. The molecule has 2 aromatic heterocycles. The molecule has 1 amide bonds. The van der Waals surface area contributed by atoms with Crippen LogP contribution in [0.15, 0.2) is 48.9 Å². The summed E-state index contributed by atoms with van der Waals surface area (Å²) in [7, 11) is 0. The summed E-state index contributed by atoms with van der Waals surface area (Å²) in [4.78, 5) is 19.9. The van der Waals surface area contributed by atoms with E-state index in [4.69, 9.17) is 0 Å². The molecule has 2 heterocycles. The Balaban J connectivity index is 1.59. The van der Waals surface area contributed by atoms with Gasteiger partial charge >= 0.3 is 0 Å². The molecule has 0 aromatic carbocycles. The fourth-order valence-corrected chi connectivity index (χ4v) is 2.44. The van der Waals surface area contributed by atoms with Crippen LogP contribution >= 0.6 is 11.8 Å². The molecule has 0 spiro atoms. The number of hydrogen-bond donors (Lipinski definition) is 1. The van der Waals surface area contributed by atoms with Gasteiger partial charge in [0.2, 0.25) is 5.91 Å². The van der Waals surface area contributed by atoms with Crippen LogP contribution in [-0.4, -0.2) is 28.2 Å². The predicted octanol–water partition coefficient (Wildman–Crippen LogP) is 2.07. The molecular formula is C15H17N3OS. The first-order valence-corrected chi connectivity index (χ1v) is 7.63. The Hall–Kier alpha value is -1.88. The molecule has 0 aliphatic carbocycles. The van der Waals surface area contributed by atoms with Gasteiger partial charge in [0.05, 0.1) is 11.4 Å². The number of amides is 1. The van der Waals surface area contributed by atoms with E-state index >= 15 is 0 Å². The summed E-state index contributed by atoms with van der Waals surface area (Å²) in [6, 6.07) is 9.72. The zero-order valence-electron chi connectivity index (χ0n) is 11.2. The summed E-state index contributed by atoms with van der Waals surface area (Å²) in [5.74, 6) is 1.29. The fraction of sp³-hybridized carbons (Fsp3) is 0.267. The van der Waals surface area contributed by atoms with Crippen molar-refractivity contribution in [1.82, 2.24) is 15.3 Å². The molecule has 0 bridgehead atoms. The molecule has 2 rings (SSSR count). The molecule has 0 unspecified atom stereocenters. The highest BCUT2D eigenvalue weighted by atomic mass is 32.2. The number of carbonyl (C=O) groups is 1. The van der Waals surface area contributed by atoms with E-state index in [-0.39, 0.29) is 5.91 Å². The smallest absolute Gasteiger partial charge is 0.230 e. The topological polar surface area (TPSA) is 54.9 Å². The summed E-state index contributed by atoms with van der Waals surface area (Å²) in [5.41, 5.74) is 2.13. The maximum absolute atomic E-state index is 11.7. The first-order valence-electron chi connectivity index (χ1n) is 6.48. The van der Waals surface area contributed by atoms with Gasteiger partial charge in [-0.2, -0.15) is 0 Å². The van der Waals surface area contributed by atoms with Crippen LogP contribution in [0.1, 0.15) is 11.3 Å². The largest absolute Gasteiger partial charge is 0.355 e. The Labute approximate surface area is 123 Å². The quantitative estimate of drug-likeness (QED) is 0.847. The Morgan fingerprint density at radius 2 is 2.15 bits per heavy atom. The summed E-state index contributed by atoms with van der Waals surface area (Å²) >= 11 is 1.57. The number of nitrogens with zero attached hydrogens (tertiary/aromatic N) is 2. The minimum Gasteiger partial charge on any atom is -0.355 e. The summed E-state index contributed by atoms with van der Waals surface area (Å²) in [5, 5.41) is 2.91. The molecular weight excluding hydrogens is 270 g/mol. The molecule has 0 fully saturated rings. The Bertz CT molecular complexity index is 472. The van der Waals surface area contributed by atoms with Crippen LogP contribution < -0.4 is 5.32 Å². The zero-order chi connectivity index (χ0) is 14.0. The van der Waals surface area contributed by atoms with E-state index in [0.717, 1.165) is 23.4 Å². The average molecular weight is 287 g/mol. The van der Waals surface area contributed by atoms with E-state index in [1.807, 2.05) is 36.5 Å². The van der Waals surface area contributed by atoms with Gasteiger partial charge in [0.1, 0.15) is 0 Å². The highest BCUT2D eigenvalue weighted by molar-refractivity contribution is 7.99. The molecule has 0 saturated carbocycles. The van der Waals surface area contributed by atoms with Crippen molar-refractivity contribution in [3.8, 4) is 0 Å². The maximum Gasteiger partial charge on any atom is 0.230 e. The van der Waals surface area contributed by atoms with Crippen LogP contribution in [0.3, 0.4) is 0 Å². The molecule has 4 nitrogen and oxygen atoms in total. The minimum atomic E-state index is 0.0646.